The third-order valence-corrected chi connectivity index (χ3v) is 5.95. The van der Waals surface area contributed by atoms with Crippen LogP contribution in [-0.4, -0.2) is 26.3 Å². The smallest absolute Gasteiger partial charge is 0.248 e. The zero-order chi connectivity index (χ0) is 22.4. The normalized spacial score (nSPS) is 12.2. The molecule has 0 aliphatic heterocycles. The number of carbonyl (C=O) groups is 2. The fraction of sp³-hybridized carbons (Fsp3) is 0.0909. The molecule has 0 radical (unpaired) electrons. The molecule has 7 nitrogen and oxygen atoms in total. The second kappa shape index (κ2) is 9.50. The molecule has 0 heterocycles. The maximum atomic E-state index is 13.2. The highest BCUT2D eigenvalue weighted by molar-refractivity contribution is 7.89. The number of primary amides is 1. The van der Waals surface area contributed by atoms with Crippen molar-refractivity contribution in [1.82, 2.24) is 4.72 Å². The Labute approximate surface area is 179 Å². The number of amides is 2. The Morgan fingerprint density at radius 3 is 2.10 bits per heavy atom. The van der Waals surface area contributed by atoms with Crippen LogP contribution in [0.2, 0.25) is 0 Å². The van der Waals surface area contributed by atoms with Gasteiger partial charge in [-0.2, -0.15) is 4.72 Å². The minimum absolute atomic E-state index is 0.0897. The van der Waals surface area contributed by atoms with E-state index in [0.29, 0.717) is 5.69 Å². The van der Waals surface area contributed by atoms with E-state index in [1.54, 1.807) is 24.3 Å². The number of sulfonamides is 1. The quantitative estimate of drug-likeness (QED) is 0.498. The lowest BCUT2D eigenvalue weighted by molar-refractivity contribution is -0.117. The van der Waals surface area contributed by atoms with Gasteiger partial charge in [-0.1, -0.05) is 30.3 Å². The topological polar surface area (TPSA) is 118 Å². The summed E-state index contributed by atoms with van der Waals surface area (Å²) in [6, 6.07) is 18.0. The molecule has 9 heteroatoms. The second-order valence-corrected chi connectivity index (χ2v) is 8.46. The van der Waals surface area contributed by atoms with E-state index in [9.17, 15) is 22.4 Å². The van der Waals surface area contributed by atoms with Gasteiger partial charge in [0.2, 0.25) is 21.8 Å². The van der Waals surface area contributed by atoms with Gasteiger partial charge < -0.3 is 11.1 Å². The molecule has 0 fully saturated rings. The average molecular weight is 441 g/mol. The molecule has 3 aromatic carbocycles. The molecular formula is C22H20FN3O4S. The van der Waals surface area contributed by atoms with E-state index in [4.69, 9.17) is 5.73 Å². The fourth-order valence-electron chi connectivity index (χ4n) is 2.85. The minimum atomic E-state index is -4.09. The van der Waals surface area contributed by atoms with Crippen LogP contribution < -0.4 is 15.8 Å². The van der Waals surface area contributed by atoms with Gasteiger partial charge in [0.05, 0.1) is 4.90 Å². The lowest BCUT2D eigenvalue weighted by atomic mass is 10.1. The fourth-order valence-corrected chi connectivity index (χ4v) is 4.05. The van der Waals surface area contributed by atoms with Crippen LogP contribution in [0.15, 0.2) is 83.8 Å². The van der Waals surface area contributed by atoms with Gasteiger partial charge in [0, 0.05) is 11.3 Å². The number of hydrogen-bond acceptors (Lipinski definition) is 4. The van der Waals surface area contributed by atoms with Gasteiger partial charge in [-0.05, 0) is 60.5 Å². The van der Waals surface area contributed by atoms with E-state index < -0.39 is 33.7 Å². The third kappa shape index (κ3) is 5.97. The number of carbonyl (C=O) groups excluding carboxylic acids is 2. The van der Waals surface area contributed by atoms with E-state index in [-0.39, 0.29) is 16.9 Å². The molecule has 0 saturated carbocycles. The summed E-state index contributed by atoms with van der Waals surface area (Å²) in [4.78, 5) is 23.9. The Kier molecular flexibility index (Phi) is 6.78. The first kappa shape index (κ1) is 22.1. The molecule has 0 unspecified atom stereocenters. The number of hydrogen-bond donors (Lipinski definition) is 3. The molecule has 4 N–H and O–H groups in total. The molecule has 160 valence electrons. The first-order valence-electron chi connectivity index (χ1n) is 9.27. The van der Waals surface area contributed by atoms with Crippen molar-refractivity contribution in [3.8, 4) is 0 Å². The molecule has 0 aliphatic rings. The van der Waals surface area contributed by atoms with Crippen molar-refractivity contribution in [2.75, 3.05) is 5.32 Å². The molecule has 2 amide bonds. The molecule has 31 heavy (non-hydrogen) atoms. The van der Waals surface area contributed by atoms with Gasteiger partial charge in [-0.3, -0.25) is 9.59 Å². The molecule has 3 aromatic rings. The zero-order valence-corrected chi connectivity index (χ0v) is 17.1. The van der Waals surface area contributed by atoms with Crippen LogP contribution in [0.5, 0.6) is 0 Å². The van der Waals surface area contributed by atoms with Gasteiger partial charge in [-0.15, -0.1) is 0 Å². The van der Waals surface area contributed by atoms with Crippen LogP contribution in [0.3, 0.4) is 0 Å². The van der Waals surface area contributed by atoms with Crippen molar-refractivity contribution in [3.05, 3.63) is 95.8 Å². The third-order valence-electron chi connectivity index (χ3n) is 4.46. The summed E-state index contributed by atoms with van der Waals surface area (Å²) in [5.74, 6) is -1.77. The van der Waals surface area contributed by atoms with E-state index in [1.165, 1.54) is 24.3 Å². The summed E-state index contributed by atoms with van der Waals surface area (Å²) in [5, 5.41) is 2.63. The van der Waals surface area contributed by atoms with E-state index in [1.807, 2.05) is 6.07 Å². The lowest BCUT2D eigenvalue weighted by Crippen LogP contribution is -2.45. The number of benzene rings is 3. The predicted octanol–water partition coefficient (Wildman–Crippen LogP) is 2.45. The SMILES string of the molecule is NC(=O)c1ccc(NC(=O)[C@H](Cc2ccccc2)NS(=O)(=O)c2ccc(F)cc2)cc1. The highest BCUT2D eigenvalue weighted by atomic mass is 32.2. The van der Waals surface area contributed by atoms with Crippen LogP contribution in [0, 0.1) is 5.82 Å². The van der Waals surface area contributed by atoms with Crippen LogP contribution in [-0.2, 0) is 21.2 Å². The Morgan fingerprint density at radius 2 is 1.52 bits per heavy atom. The maximum absolute atomic E-state index is 13.2. The molecular weight excluding hydrogens is 421 g/mol. The number of anilines is 1. The summed E-state index contributed by atoms with van der Waals surface area (Å²) in [7, 11) is -4.09. The van der Waals surface area contributed by atoms with E-state index in [0.717, 1.165) is 29.8 Å². The van der Waals surface area contributed by atoms with Crippen molar-refractivity contribution in [2.45, 2.75) is 17.4 Å². The highest BCUT2D eigenvalue weighted by Gasteiger charge is 2.26. The Hall–Kier alpha value is -3.56. The monoisotopic (exact) mass is 441 g/mol. The Morgan fingerprint density at radius 1 is 0.903 bits per heavy atom. The van der Waals surface area contributed by atoms with Crippen LogP contribution in [0.1, 0.15) is 15.9 Å². The van der Waals surface area contributed by atoms with E-state index in [2.05, 4.69) is 10.0 Å². The molecule has 0 spiro atoms. The van der Waals surface area contributed by atoms with Crippen molar-refractivity contribution in [3.63, 3.8) is 0 Å². The molecule has 0 bridgehead atoms. The first-order chi connectivity index (χ1) is 14.7. The summed E-state index contributed by atoms with van der Waals surface area (Å²) in [5.41, 5.74) is 6.59. The number of halogens is 1. The van der Waals surface area contributed by atoms with Crippen molar-refractivity contribution < 1.29 is 22.4 Å². The van der Waals surface area contributed by atoms with Gasteiger partial charge in [-0.25, -0.2) is 12.8 Å². The largest absolute Gasteiger partial charge is 0.366 e. The van der Waals surface area contributed by atoms with Gasteiger partial charge in [0.15, 0.2) is 0 Å². The summed E-state index contributed by atoms with van der Waals surface area (Å²) in [6.07, 6.45) is 0.0897. The summed E-state index contributed by atoms with van der Waals surface area (Å²) in [6.45, 7) is 0. The zero-order valence-electron chi connectivity index (χ0n) is 16.3. The minimum Gasteiger partial charge on any atom is -0.366 e. The lowest BCUT2D eigenvalue weighted by Gasteiger charge is -2.19. The molecule has 1 atom stereocenters. The van der Waals surface area contributed by atoms with Gasteiger partial charge in [0.25, 0.3) is 0 Å². The summed E-state index contributed by atoms with van der Waals surface area (Å²) < 4.78 is 41.1. The van der Waals surface area contributed by atoms with Crippen molar-refractivity contribution in [1.29, 1.82) is 0 Å². The molecule has 0 aliphatic carbocycles. The molecule has 3 rings (SSSR count). The standard InChI is InChI=1S/C22H20FN3O4S/c23-17-8-12-19(13-9-17)31(29,30)26-20(14-15-4-2-1-3-5-15)22(28)25-18-10-6-16(7-11-18)21(24)27/h1-13,20,26H,14H2,(H2,24,27)(H,25,28)/t20-/m0/s1. The van der Waals surface area contributed by atoms with Crippen LogP contribution in [0.25, 0.3) is 0 Å². The van der Waals surface area contributed by atoms with Gasteiger partial charge >= 0.3 is 0 Å². The Bertz CT molecular complexity index is 1170. The predicted molar refractivity (Wildman–Crippen MR) is 114 cm³/mol. The maximum Gasteiger partial charge on any atom is 0.248 e. The highest BCUT2D eigenvalue weighted by Crippen LogP contribution is 2.15. The number of rotatable bonds is 8. The van der Waals surface area contributed by atoms with Crippen molar-refractivity contribution in [2.24, 2.45) is 5.73 Å². The van der Waals surface area contributed by atoms with Crippen LogP contribution in [0.4, 0.5) is 10.1 Å². The van der Waals surface area contributed by atoms with E-state index >= 15 is 0 Å². The van der Waals surface area contributed by atoms with Crippen LogP contribution >= 0.6 is 0 Å². The Balaban J connectivity index is 1.83. The number of nitrogens with two attached hydrogens (primary N) is 1. The van der Waals surface area contributed by atoms with Crippen molar-refractivity contribution >= 4 is 27.5 Å². The average Bonchev–Trinajstić information content (AvgIpc) is 2.74. The second-order valence-electron chi connectivity index (χ2n) is 6.75. The molecule has 0 saturated heterocycles. The number of nitrogens with one attached hydrogen (secondary N) is 2. The van der Waals surface area contributed by atoms with Gasteiger partial charge in [0.1, 0.15) is 11.9 Å². The molecule has 0 aromatic heterocycles. The summed E-state index contributed by atoms with van der Waals surface area (Å²) >= 11 is 0. The first-order valence-corrected chi connectivity index (χ1v) is 10.8.